The van der Waals surface area contributed by atoms with Crippen LogP contribution in [0, 0.1) is 0 Å². The second-order valence-electron chi connectivity index (χ2n) is 5.84. The third-order valence-corrected chi connectivity index (χ3v) is 6.54. The maximum atomic E-state index is 12.4. The van der Waals surface area contributed by atoms with Crippen LogP contribution in [0.15, 0.2) is 35.5 Å². The topological polar surface area (TPSA) is 110 Å². The molecule has 0 spiro atoms. The van der Waals surface area contributed by atoms with Crippen LogP contribution in [0.2, 0.25) is 0 Å². The van der Waals surface area contributed by atoms with E-state index in [4.69, 9.17) is 0 Å². The van der Waals surface area contributed by atoms with E-state index in [1.807, 2.05) is 0 Å². The highest BCUT2D eigenvalue weighted by Gasteiger charge is 2.22. The summed E-state index contributed by atoms with van der Waals surface area (Å²) in [5.41, 5.74) is 0.728. The van der Waals surface area contributed by atoms with Crippen molar-refractivity contribution in [2.75, 3.05) is 18.0 Å². The minimum Gasteiger partial charge on any atom is -0.312 e. The van der Waals surface area contributed by atoms with Gasteiger partial charge in [-0.3, -0.25) is 4.79 Å². The molecule has 9 nitrogen and oxygen atoms in total. The number of amides is 1. The van der Waals surface area contributed by atoms with Gasteiger partial charge in [0.05, 0.1) is 4.90 Å². The molecule has 3 heterocycles. The van der Waals surface area contributed by atoms with Gasteiger partial charge >= 0.3 is 0 Å². The zero-order valence-corrected chi connectivity index (χ0v) is 15.3. The Bertz CT molecular complexity index is 1010. The van der Waals surface area contributed by atoms with Gasteiger partial charge in [0.2, 0.25) is 20.9 Å². The lowest BCUT2D eigenvalue weighted by atomic mass is 10.3. The van der Waals surface area contributed by atoms with E-state index < -0.39 is 10.0 Å². The molecular formula is C15H16N6O3S2. The number of nitrogens with zero attached hydrogens (tertiary/aromatic N) is 5. The van der Waals surface area contributed by atoms with E-state index in [2.05, 4.69) is 20.0 Å². The molecule has 0 radical (unpaired) electrons. The molecule has 1 aromatic carbocycles. The molecule has 11 heteroatoms. The van der Waals surface area contributed by atoms with Crippen LogP contribution >= 0.6 is 11.3 Å². The maximum Gasteiger partial charge on any atom is 0.240 e. The van der Waals surface area contributed by atoms with Crippen molar-refractivity contribution in [1.82, 2.24) is 24.5 Å². The van der Waals surface area contributed by atoms with Gasteiger partial charge in [0, 0.05) is 31.6 Å². The van der Waals surface area contributed by atoms with Crippen LogP contribution in [0.3, 0.4) is 0 Å². The number of nitrogens with one attached hydrogen (secondary N) is 1. The SMILES string of the molecule is O=C1CCCN1c1ccc(S(=O)(=O)NCCc2nn3cnnc3s2)cc1. The van der Waals surface area contributed by atoms with Crippen LogP contribution in [0.5, 0.6) is 0 Å². The molecule has 1 aliphatic heterocycles. The Morgan fingerprint density at radius 2 is 2.04 bits per heavy atom. The summed E-state index contributed by atoms with van der Waals surface area (Å²) in [5, 5.41) is 12.7. The smallest absolute Gasteiger partial charge is 0.240 e. The predicted octanol–water partition coefficient (Wildman–Crippen LogP) is 0.834. The highest BCUT2D eigenvalue weighted by molar-refractivity contribution is 7.89. The van der Waals surface area contributed by atoms with Gasteiger partial charge in [-0.2, -0.15) is 9.61 Å². The van der Waals surface area contributed by atoms with Gasteiger partial charge in [0.1, 0.15) is 11.3 Å². The van der Waals surface area contributed by atoms with Crippen molar-refractivity contribution in [2.24, 2.45) is 0 Å². The van der Waals surface area contributed by atoms with Crippen molar-refractivity contribution < 1.29 is 13.2 Å². The Labute approximate surface area is 153 Å². The minimum atomic E-state index is -3.61. The molecule has 136 valence electrons. The first-order valence-electron chi connectivity index (χ1n) is 8.09. The van der Waals surface area contributed by atoms with Crippen LogP contribution in [0.1, 0.15) is 17.8 Å². The molecule has 4 rings (SSSR count). The normalized spacial score (nSPS) is 15.2. The molecular weight excluding hydrogens is 376 g/mol. The Kier molecular flexibility index (Phi) is 4.42. The van der Waals surface area contributed by atoms with Crippen molar-refractivity contribution in [2.45, 2.75) is 24.2 Å². The molecule has 0 aliphatic carbocycles. The lowest BCUT2D eigenvalue weighted by Gasteiger charge is -2.16. The highest BCUT2D eigenvalue weighted by atomic mass is 32.2. The molecule has 1 saturated heterocycles. The maximum absolute atomic E-state index is 12.4. The van der Waals surface area contributed by atoms with Crippen LogP contribution in [0.25, 0.3) is 4.96 Å². The molecule has 1 aliphatic rings. The van der Waals surface area contributed by atoms with Gasteiger partial charge in [-0.05, 0) is 30.7 Å². The fourth-order valence-electron chi connectivity index (χ4n) is 2.80. The number of hydrogen-bond acceptors (Lipinski definition) is 7. The Morgan fingerprint density at radius 3 is 2.73 bits per heavy atom. The van der Waals surface area contributed by atoms with Crippen LogP contribution in [-0.4, -0.2) is 47.2 Å². The average molecular weight is 392 g/mol. The fourth-order valence-corrected chi connectivity index (χ4v) is 4.65. The summed E-state index contributed by atoms with van der Waals surface area (Å²) in [6.45, 7) is 0.911. The van der Waals surface area contributed by atoms with E-state index in [-0.39, 0.29) is 17.3 Å². The standard InChI is InChI=1S/C15H16N6O3S2/c22-14-2-1-9-20(14)11-3-5-12(6-4-11)26(23,24)17-8-7-13-19-21-10-16-18-15(21)25-13/h3-6,10,17H,1-2,7-9H2. The van der Waals surface area contributed by atoms with Crippen molar-refractivity contribution in [3.8, 4) is 0 Å². The van der Waals surface area contributed by atoms with Gasteiger partial charge in [0.15, 0.2) is 0 Å². The molecule has 1 fully saturated rings. The fraction of sp³-hybridized carbons (Fsp3) is 0.333. The zero-order valence-electron chi connectivity index (χ0n) is 13.7. The number of carbonyl (C=O) groups excluding carboxylic acids is 1. The van der Waals surface area contributed by atoms with Gasteiger partial charge in [-0.25, -0.2) is 13.1 Å². The van der Waals surface area contributed by atoms with Gasteiger partial charge < -0.3 is 4.90 Å². The number of fused-ring (bicyclic) bond motifs is 1. The number of benzene rings is 1. The molecule has 3 aromatic rings. The number of anilines is 1. The molecule has 2 aromatic heterocycles. The van der Waals surface area contributed by atoms with E-state index in [1.54, 1.807) is 21.5 Å². The summed E-state index contributed by atoms with van der Waals surface area (Å²) in [6.07, 6.45) is 3.34. The van der Waals surface area contributed by atoms with E-state index in [0.717, 1.165) is 17.1 Å². The summed E-state index contributed by atoms with van der Waals surface area (Å²) in [4.78, 5) is 14.3. The first kappa shape index (κ1) is 17.1. The Morgan fingerprint density at radius 1 is 1.23 bits per heavy atom. The van der Waals surface area contributed by atoms with Crippen LogP contribution in [0.4, 0.5) is 5.69 Å². The van der Waals surface area contributed by atoms with E-state index >= 15 is 0 Å². The number of hydrogen-bond donors (Lipinski definition) is 1. The van der Waals surface area contributed by atoms with Gasteiger partial charge in [-0.1, -0.05) is 11.3 Å². The summed E-state index contributed by atoms with van der Waals surface area (Å²) < 4.78 is 28.9. The van der Waals surface area contributed by atoms with Crippen LogP contribution in [-0.2, 0) is 21.2 Å². The highest BCUT2D eigenvalue weighted by Crippen LogP contribution is 2.23. The van der Waals surface area contributed by atoms with Crippen LogP contribution < -0.4 is 9.62 Å². The molecule has 0 atom stereocenters. The quantitative estimate of drug-likeness (QED) is 0.666. The van der Waals surface area contributed by atoms with Gasteiger partial charge in [0.25, 0.3) is 0 Å². The number of rotatable bonds is 6. The largest absolute Gasteiger partial charge is 0.312 e. The number of carbonyl (C=O) groups is 1. The Hall–Kier alpha value is -2.37. The Balaban J connectivity index is 1.39. The zero-order chi connectivity index (χ0) is 18.1. The molecule has 0 bridgehead atoms. The monoisotopic (exact) mass is 392 g/mol. The number of aromatic nitrogens is 4. The molecule has 1 N–H and O–H groups in total. The molecule has 1 amide bonds. The van der Waals surface area contributed by atoms with Crippen molar-refractivity contribution in [3.05, 3.63) is 35.6 Å². The van der Waals surface area contributed by atoms with Crippen molar-refractivity contribution >= 4 is 37.9 Å². The first-order chi connectivity index (χ1) is 12.5. The lowest BCUT2D eigenvalue weighted by Crippen LogP contribution is -2.26. The second kappa shape index (κ2) is 6.74. The minimum absolute atomic E-state index is 0.0729. The first-order valence-corrected chi connectivity index (χ1v) is 10.4. The lowest BCUT2D eigenvalue weighted by molar-refractivity contribution is -0.117. The summed E-state index contributed by atoms with van der Waals surface area (Å²) >= 11 is 1.37. The van der Waals surface area contributed by atoms with E-state index in [9.17, 15) is 13.2 Å². The third kappa shape index (κ3) is 3.32. The molecule has 0 unspecified atom stereocenters. The van der Waals surface area contributed by atoms with E-state index in [0.29, 0.717) is 24.3 Å². The number of sulfonamides is 1. The van der Waals surface area contributed by atoms with Crippen molar-refractivity contribution in [1.29, 1.82) is 0 Å². The summed E-state index contributed by atoms with van der Waals surface area (Å²) in [5.74, 6) is 0.0729. The molecule has 26 heavy (non-hydrogen) atoms. The van der Waals surface area contributed by atoms with E-state index in [1.165, 1.54) is 29.8 Å². The van der Waals surface area contributed by atoms with Gasteiger partial charge in [-0.15, -0.1) is 10.2 Å². The third-order valence-electron chi connectivity index (χ3n) is 4.09. The molecule has 0 saturated carbocycles. The average Bonchev–Trinajstić information content (AvgIpc) is 3.31. The van der Waals surface area contributed by atoms with Crippen molar-refractivity contribution in [3.63, 3.8) is 0 Å². The second-order valence-corrected chi connectivity index (χ2v) is 8.65. The summed E-state index contributed by atoms with van der Waals surface area (Å²) in [6, 6.07) is 6.38. The predicted molar refractivity (Wildman–Crippen MR) is 95.6 cm³/mol. The summed E-state index contributed by atoms with van der Waals surface area (Å²) in [7, 11) is -3.61.